The number of imide groups is 1. The summed E-state index contributed by atoms with van der Waals surface area (Å²) in [4.78, 5) is 55.1. The number of hydrogen-bond donors (Lipinski definition) is 2. The van der Waals surface area contributed by atoms with Gasteiger partial charge < -0.3 is 20.0 Å². The summed E-state index contributed by atoms with van der Waals surface area (Å²) >= 11 is 1.35. The third-order valence-corrected chi connectivity index (χ3v) is 8.57. The third kappa shape index (κ3) is 3.26. The Balaban J connectivity index is 1.31. The number of carbonyl (C=O) groups excluding carboxylic acids is 3. The zero-order valence-corrected chi connectivity index (χ0v) is 19.1. The van der Waals surface area contributed by atoms with Crippen LogP contribution in [0.2, 0.25) is 0 Å². The van der Waals surface area contributed by atoms with Gasteiger partial charge in [0.25, 0.3) is 5.91 Å². The van der Waals surface area contributed by atoms with Gasteiger partial charge in [0.05, 0.1) is 24.6 Å². The number of amides is 4. The maximum atomic E-state index is 13.0. The van der Waals surface area contributed by atoms with Crippen molar-refractivity contribution in [2.24, 2.45) is 11.8 Å². The summed E-state index contributed by atoms with van der Waals surface area (Å²) in [6, 6.07) is 8.09. The smallest absolute Gasteiger partial charge is 0.353 e. The average molecular weight is 472 g/mol. The first-order valence-corrected chi connectivity index (χ1v) is 11.9. The van der Waals surface area contributed by atoms with Gasteiger partial charge in [0, 0.05) is 22.6 Å². The van der Waals surface area contributed by atoms with Crippen LogP contribution in [-0.4, -0.2) is 78.7 Å². The van der Waals surface area contributed by atoms with Crippen molar-refractivity contribution < 1.29 is 29.4 Å². The Hall–Kier alpha value is -2.85. The quantitative estimate of drug-likeness (QED) is 0.477. The number of carbonyl (C=O) groups is 4. The van der Waals surface area contributed by atoms with Crippen molar-refractivity contribution in [1.82, 2.24) is 14.7 Å². The highest BCUT2D eigenvalue weighted by atomic mass is 32.2. The molecule has 0 saturated carbocycles. The van der Waals surface area contributed by atoms with E-state index < -0.39 is 24.0 Å². The second-order valence-electron chi connectivity index (χ2n) is 9.11. The molecule has 0 aliphatic carbocycles. The molecule has 4 heterocycles. The van der Waals surface area contributed by atoms with Gasteiger partial charge >= 0.3 is 12.0 Å². The summed E-state index contributed by atoms with van der Waals surface area (Å²) in [6.45, 7) is 3.98. The van der Waals surface area contributed by atoms with Crippen LogP contribution in [0.3, 0.4) is 0 Å². The number of carboxylic acids is 1. The average Bonchev–Trinajstić information content (AvgIpc) is 3.36. The normalized spacial score (nSPS) is 31.8. The molecule has 33 heavy (non-hydrogen) atoms. The summed E-state index contributed by atoms with van der Waals surface area (Å²) in [5.41, 5.74) is 0.846. The lowest BCUT2D eigenvalue weighted by Crippen LogP contribution is -2.63. The van der Waals surface area contributed by atoms with Crippen molar-refractivity contribution in [3.05, 3.63) is 46.5 Å². The highest BCUT2D eigenvalue weighted by molar-refractivity contribution is 8.03. The molecule has 4 aliphatic heterocycles. The molecule has 0 unspecified atom stereocenters. The molecule has 4 aliphatic rings. The standard InChI is InChI=1S/C23H25N3O6S/c1-11-17-16(12(2)27)21(29)26(17)18(22(30)31)19(11)33-14-8-15-20(28)25(23(32)24(15)10-14)9-13-6-4-3-5-7-13/h3-7,11-12,14-17,27H,8-10H2,1-2H3,(H,30,31)/t11-,12-,14+,15-,16-,17-/m1/s1. The molecule has 3 saturated heterocycles. The molecule has 1 aromatic rings. The molecular formula is C23H25N3O6S. The minimum atomic E-state index is -1.18. The maximum absolute atomic E-state index is 13.0. The maximum Gasteiger partial charge on any atom is 0.353 e. The SMILES string of the molecule is C[C@@H](O)[C@H]1C(=O)N2C(C(=O)O)=C(S[C@H]3C[C@@H]4C(=O)N(Cc5ccccc5)C(=O)N4C3)[C@H](C)[C@H]12. The third-order valence-electron chi connectivity index (χ3n) is 7.08. The van der Waals surface area contributed by atoms with Gasteiger partial charge in [-0.3, -0.25) is 14.5 Å². The second kappa shape index (κ2) is 7.88. The molecule has 0 aromatic heterocycles. The molecule has 5 rings (SSSR count). The highest BCUT2D eigenvalue weighted by Gasteiger charge is 2.60. The molecule has 0 radical (unpaired) electrons. The molecule has 4 amide bonds. The number of β-lactam (4-membered cyclic amide) rings is 1. The van der Waals surface area contributed by atoms with Gasteiger partial charge in [0.1, 0.15) is 11.7 Å². The van der Waals surface area contributed by atoms with Crippen LogP contribution in [0.15, 0.2) is 40.9 Å². The number of urea groups is 1. The van der Waals surface area contributed by atoms with E-state index in [0.717, 1.165) is 5.56 Å². The van der Waals surface area contributed by atoms with Crippen molar-refractivity contribution >= 4 is 35.6 Å². The fourth-order valence-electron chi connectivity index (χ4n) is 5.53. The van der Waals surface area contributed by atoms with Crippen LogP contribution in [0.4, 0.5) is 4.79 Å². The summed E-state index contributed by atoms with van der Waals surface area (Å²) in [5.74, 6) is -2.64. The molecule has 0 bridgehead atoms. The Morgan fingerprint density at radius 2 is 1.88 bits per heavy atom. The molecule has 174 valence electrons. The van der Waals surface area contributed by atoms with E-state index in [2.05, 4.69) is 0 Å². The fraction of sp³-hybridized carbons (Fsp3) is 0.478. The van der Waals surface area contributed by atoms with Gasteiger partial charge in [-0.15, -0.1) is 11.8 Å². The highest BCUT2D eigenvalue weighted by Crippen LogP contribution is 2.52. The van der Waals surface area contributed by atoms with Gasteiger partial charge in [0.15, 0.2) is 0 Å². The topological polar surface area (TPSA) is 118 Å². The zero-order valence-electron chi connectivity index (χ0n) is 18.2. The number of aliphatic carboxylic acids is 1. The zero-order chi connectivity index (χ0) is 23.6. The Labute approximate surface area is 195 Å². The Morgan fingerprint density at radius 3 is 2.48 bits per heavy atom. The Morgan fingerprint density at radius 1 is 1.18 bits per heavy atom. The second-order valence-corrected chi connectivity index (χ2v) is 10.5. The van der Waals surface area contributed by atoms with E-state index in [-0.39, 0.29) is 47.3 Å². The molecule has 10 heteroatoms. The number of benzene rings is 1. The minimum Gasteiger partial charge on any atom is -0.477 e. The Bertz CT molecular complexity index is 1050. The number of fused-ring (bicyclic) bond motifs is 2. The van der Waals surface area contributed by atoms with Crippen molar-refractivity contribution in [2.45, 2.75) is 50.3 Å². The number of carboxylic acid groups (broad SMARTS) is 1. The molecule has 0 spiro atoms. The number of aliphatic hydroxyl groups is 1. The van der Waals surface area contributed by atoms with E-state index in [9.17, 15) is 29.4 Å². The fourth-order valence-corrected chi connectivity index (χ4v) is 7.05. The monoisotopic (exact) mass is 471 g/mol. The van der Waals surface area contributed by atoms with E-state index in [1.165, 1.54) is 21.6 Å². The lowest BCUT2D eigenvalue weighted by molar-refractivity contribution is -0.163. The lowest BCUT2D eigenvalue weighted by Gasteiger charge is -2.46. The van der Waals surface area contributed by atoms with Gasteiger partial charge in [-0.05, 0) is 18.9 Å². The first-order valence-electron chi connectivity index (χ1n) is 11.0. The van der Waals surface area contributed by atoms with Gasteiger partial charge in [-0.1, -0.05) is 37.3 Å². The van der Waals surface area contributed by atoms with Crippen LogP contribution in [-0.2, 0) is 20.9 Å². The van der Waals surface area contributed by atoms with Gasteiger partial charge in [-0.2, -0.15) is 0 Å². The van der Waals surface area contributed by atoms with E-state index >= 15 is 0 Å². The van der Waals surface area contributed by atoms with Gasteiger partial charge in [-0.25, -0.2) is 9.59 Å². The lowest BCUT2D eigenvalue weighted by atomic mass is 9.79. The first-order chi connectivity index (χ1) is 15.7. The Kier molecular flexibility index (Phi) is 5.24. The van der Waals surface area contributed by atoms with Gasteiger partial charge in [0.2, 0.25) is 5.91 Å². The predicted molar refractivity (Wildman–Crippen MR) is 119 cm³/mol. The molecule has 6 atom stereocenters. The molecule has 9 nitrogen and oxygen atoms in total. The van der Waals surface area contributed by atoms with Crippen molar-refractivity contribution in [1.29, 1.82) is 0 Å². The van der Waals surface area contributed by atoms with Crippen LogP contribution in [0.5, 0.6) is 0 Å². The summed E-state index contributed by atoms with van der Waals surface area (Å²) < 4.78 is 0. The van der Waals surface area contributed by atoms with E-state index in [1.54, 1.807) is 11.8 Å². The molecular weight excluding hydrogens is 446 g/mol. The van der Waals surface area contributed by atoms with Crippen molar-refractivity contribution in [3.63, 3.8) is 0 Å². The van der Waals surface area contributed by atoms with Crippen molar-refractivity contribution in [3.8, 4) is 0 Å². The predicted octanol–water partition coefficient (Wildman–Crippen LogP) is 1.48. The number of rotatable bonds is 6. The van der Waals surface area contributed by atoms with Crippen LogP contribution in [0, 0.1) is 11.8 Å². The molecule has 3 fully saturated rings. The summed E-state index contributed by atoms with van der Waals surface area (Å²) in [7, 11) is 0. The number of hydrogen-bond acceptors (Lipinski definition) is 6. The minimum absolute atomic E-state index is 0.0326. The first kappa shape index (κ1) is 22.0. The van der Waals surface area contributed by atoms with E-state index in [1.807, 2.05) is 37.3 Å². The van der Waals surface area contributed by atoms with Crippen LogP contribution >= 0.6 is 11.8 Å². The molecule has 1 aromatic carbocycles. The number of thioether (sulfide) groups is 1. The summed E-state index contributed by atoms with van der Waals surface area (Å²) in [6.07, 6.45) is -0.425. The largest absolute Gasteiger partial charge is 0.477 e. The van der Waals surface area contributed by atoms with Crippen LogP contribution < -0.4 is 0 Å². The number of nitrogens with zero attached hydrogens (tertiary/aromatic N) is 3. The summed E-state index contributed by atoms with van der Waals surface area (Å²) in [5, 5.41) is 19.7. The molecule has 2 N–H and O–H groups in total. The number of aliphatic hydroxyl groups excluding tert-OH is 1. The van der Waals surface area contributed by atoms with Crippen LogP contribution in [0.1, 0.15) is 25.8 Å². The van der Waals surface area contributed by atoms with E-state index in [0.29, 0.717) is 17.9 Å². The van der Waals surface area contributed by atoms with E-state index in [4.69, 9.17) is 0 Å². The van der Waals surface area contributed by atoms with Crippen LogP contribution in [0.25, 0.3) is 0 Å². The van der Waals surface area contributed by atoms with Crippen molar-refractivity contribution in [2.75, 3.05) is 6.54 Å².